The highest BCUT2D eigenvalue weighted by Crippen LogP contribution is 2.17. The van der Waals surface area contributed by atoms with Crippen LogP contribution in [-0.2, 0) is 0 Å². The molecule has 1 aromatic carbocycles. The minimum atomic E-state index is 0. The molecule has 0 spiro atoms. The monoisotopic (exact) mass is 225 g/mol. The fourth-order valence-electron chi connectivity index (χ4n) is 1.78. The highest BCUT2D eigenvalue weighted by atomic mass is 35.5. The summed E-state index contributed by atoms with van der Waals surface area (Å²) in [5.41, 5.74) is 6.95. The molecular formula is C11H14ClN2O-. The zero-order valence-electron chi connectivity index (χ0n) is 8.45. The average Bonchev–Trinajstić information content (AvgIpc) is 2.70. The predicted octanol–water partition coefficient (Wildman–Crippen LogP) is -1.49. The zero-order chi connectivity index (χ0) is 9.97. The minimum absolute atomic E-state index is 0. The van der Waals surface area contributed by atoms with E-state index in [2.05, 4.69) is 0 Å². The third kappa shape index (κ3) is 2.42. The van der Waals surface area contributed by atoms with Gasteiger partial charge in [0.15, 0.2) is 0 Å². The number of hydrogen-bond acceptors (Lipinski definition) is 2. The number of amides is 1. The van der Waals surface area contributed by atoms with Crippen LogP contribution in [0.1, 0.15) is 23.2 Å². The molecule has 1 aliphatic rings. The Kier molecular flexibility index (Phi) is 3.97. The van der Waals surface area contributed by atoms with Gasteiger partial charge in [-0.1, -0.05) is 12.1 Å². The van der Waals surface area contributed by atoms with Crippen LogP contribution in [0.15, 0.2) is 24.3 Å². The Labute approximate surface area is 95.7 Å². The second kappa shape index (κ2) is 5.03. The van der Waals surface area contributed by atoms with Gasteiger partial charge < -0.3 is 23.0 Å². The summed E-state index contributed by atoms with van der Waals surface area (Å²) in [4.78, 5) is 13.8. The molecule has 82 valence electrons. The number of rotatable bonds is 1. The van der Waals surface area contributed by atoms with E-state index in [1.807, 2.05) is 17.0 Å². The van der Waals surface area contributed by atoms with Gasteiger partial charge in [-0.2, -0.15) is 0 Å². The number of nitrogens with two attached hydrogens (primary N) is 1. The van der Waals surface area contributed by atoms with Crippen LogP contribution in [0.2, 0.25) is 0 Å². The molecule has 3 nitrogen and oxygen atoms in total. The molecule has 2 rings (SSSR count). The van der Waals surface area contributed by atoms with Crippen molar-refractivity contribution >= 4 is 11.6 Å². The van der Waals surface area contributed by atoms with Crippen molar-refractivity contribution in [2.45, 2.75) is 12.8 Å². The largest absolute Gasteiger partial charge is 1.00 e. The first kappa shape index (κ1) is 11.9. The van der Waals surface area contributed by atoms with Crippen molar-refractivity contribution < 1.29 is 17.2 Å². The molecule has 1 aromatic rings. The van der Waals surface area contributed by atoms with E-state index in [1.165, 1.54) is 0 Å². The Morgan fingerprint density at radius 3 is 2.40 bits per heavy atom. The topological polar surface area (TPSA) is 46.3 Å². The summed E-state index contributed by atoms with van der Waals surface area (Å²) >= 11 is 0. The molecule has 1 saturated heterocycles. The SMILES string of the molecule is Nc1ccccc1C(=O)N1CCCC1.[Cl-]. The maximum Gasteiger partial charge on any atom is 0.255 e. The van der Waals surface area contributed by atoms with Gasteiger partial charge in [0.05, 0.1) is 5.56 Å². The number of halogens is 1. The van der Waals surface area contributed by atoms with E-state index >= 15 is 0 Å². The van der Waals surface area contributed by atoms with Gasteiger partial charge in [0.1, 0.15) is 0 Å². The van der Waals surface area contributed by atoms with Gasteiger partial charge in [-0.25, -0.2) is 0 Å². The van der Waals surface area contributed by atoms with E-state index in [0.717, 1.165) is 25.9 Å². The first-order valence-electron chi connectivity index (χ1n) is 4.93. The van der Waals surface area contributed by atoms with Crippen LogP contribution in [0.5, 0.6) is 0 Å². The molecule has 4 heteroatoms. The normalized spacial score (nSPS) is 14.8. The van der Waals surface area contributed by atoms with Gasteiger partial charge in [-0.05, 0) is 25.0 Å². The number of likely N-dealkylation sites (tertiary alicyclic amines) is 1. The molecule has 15 heavy (non-hydrogen) atoms. The lowest BCUT2D eigenvalue weighted by atomic mass is 10.1. The van der Waals surface area contributed by atoms with Crippen molar-refractivity contribution in [3.8, 4) is 0 Å². The van der Waals surface area contributed by atoms with Gasteiger partial charge >= 0.3 is 0 Å². The molecule has 0 atom stereocenters. The summed E-state index contributed by atoms with van der Waals surface area (Å²) < 4.78 is 0. The number of nitrogens with zero attached hydrogens (tertiary/aromatic N) is 1. The van der Waals surface area contributed by atoms with E-state index in [0.29, 0.717) is 11.3 Å². The quantitative estimate of drug-likeness (QED) is 0.592. The van der Waals surface area contributed by atoms with Gasteiger partial charge in [0.25, 0.3) is 5.91 Å². The zero-order valence-corrected chi connectivity index (χ0v) is 9.20. The molecule has 1 fully saturated rings. The van der Waals surface area contributed by atoms with Crippen LogP contribution in [0.4, 0.5) is 5.69 Å². The lowest BCUT2D eigenvalue weighted by Gasteiger charge is -2.16. The number of hydrogen-bond donors (Lipinski definition) is 1. The Morgan fingerprint density at radius 1 is 1.20 bits per heavy atom. The van der Waals surface area contributed by atoms with Gasteiger partial charge in [-0.15, -0.1) is 0 Å². The lowest BCUT2D eigenvalue weighted by molar-refractivity contribution is -0.0000125. The van der Waals surface area contributed by atoms with Gasteiger partial charge in [0.2, 0.25) is 0 Å². The first-order chi connectivity index (χ1) is 6.79. The molecule has 0 unspecified atom stereocenters. The molecule has 0 aliphatic carbocycles. The lowest BCUT2D eigenvalue weighted by Crippen LogP contribution is -3.00. The number of carbonyl (C=O) groups is 1. The number of benzene rings is 1. The van der Waals surface area contributed by atoms with Crippen molar-refractivity contribution in [2.75, 3.05) is 18.8 Å². The van der Waals surface area contributed by atoms with Crippen molar-refractivity contribution in [1.82, 2.24) is 4.90 Å². The maximum absolute atomic E-state index is 11.9. The number of para-hydroxylation sites is 1. The Bertz CT molecular complexity index is 348. The van der Waals surface area contributed by atoms with E-state index in [9.17, 15) is 4.79 Å². The fraction of sp³-hybridized carbons (Fsp3) is 0.364. The molecule has 1 aliphatic heterocycles. The van der Waals surface area contributed by atoms with Crippen LogP contribution in [-0.4, -0.2) is 23.9 Å². The summed E-state index contributed by atoms with van der Waals surface area (Å²) in [5, 5.41) is 0. The number of anilines is 1. The van der Waals surface area contributed by atoms with Crippen LogP contribution in [0.25, 0.3) is 0 Å². The second-order valence-electron chi connectivity index (χ2n) is 3.59. The molecule has 0 aromatic heterocycles. The summed E-state index contributed by atoms with van der Waals surface area (Å²) in [6.45, 7) is 1.74. The average molecular weight is 226 g/mol. The van der Waals surface area contributed by atoms with Gasteiger partial charge in [-0.3, -0.25) is 4.79 Å². The fourth-order valence-corrected chi connectivity index (χ4v) is 1.78. The summed E-state index contributed by atoms with van der Waals surface area (Å²) in [5.74, 6) is 0.0700. The van der Waals surface area contributed by atoms with Crippen LogP contribution in [0.3, 0.4) is 0 Å². The maximum atomic E-state index is 11.9. The minimum Gasteiger partial charge on any atom is -1.00 e. The summed E-state index contributed by atoms with van der Waals surface area (Å²) in [7, 11) is 0. The predicted molar refractivity (Wildman–Crippen MR) is 56.0 cm³/mol. The van der Waals surface area contributed by atoms with Gasteiger partial charge in [0, 0.05) is 18.8 Å². The number of carbonyl (C=O) groups excluding carboxylic acids is 1. The smallest absolute Gasteiger partial charge is 0.255 e. The van der Waals surface area contributed by atoms with E-state index in [4.69, 9.17) is 5.73 Å². The van der Waals surface area contributed by atoms with Crippen LogP contribution < -0.4 is 18.1 Å². The van der Waals surface area contributed by atoms with Crippen molar-refractivity contribution in [1.29, 1.82) is 0 Å². The van der Waals surface area contributed by atoms with E-state index < -0.39 is 0 Å². The molecule has 2 N–H and O–H groups in total. The second-order valence-corrected chi connectivity index (χ2v) is 3.59. The summed E-state index contributed by atoms with van der Waals surface area (Å²) in [6, 6.07) is 7.25. The molecule has 1 heterocycles. The molecular weight excluding hydrogens is 212 g/mol. The highest BCUT2D eigenvalue weighted by molar-refractivity contribution is 5.99. The van der Waals surface area contributed by atoms with E-state index in [-0.39, 0.29) is 18.3 Å². The van der Waals surface area contributed by atoms with Crippen molar-refractivity contribution in [3.63, 3.8) is 0 Å². The molecule has 0 radical (unpaired) electrons. The molecule has 0 bridgehead atoms. The third-order valence-electron chi connectivity index (χ3n) is 2.58. The van der Waals surface area contributed by atoms with E-state index in [1.54, 1.807) is 12.1 Å². The van der Waals surface area contributed by atoms with Crippen molar-refractivity contribution in [2.24, 2.45) is 0 Å². The first-order valence-corrected chi connectivity index (χ1v) is 4.93. The third-order valence-corrected chi connectivity index (χ3v) is 2.58. The molecule has 0 saturated carbocycles. The van der Waals surface area contributed by atoms with Crippen LogP contribution in [0, 0.1) is 0 Å². The van der Waals surface area contributed by atoms with Crippen molar-refractivity contribution in [3.05, 3.63) is 29.8 Å². The summed E-state index contributed by atoms with van der Waals surface area (Å²) in [6.07, 6.45) is 2.22. The Morgan fingerprint density at radius 2 is 1.80 bits per heavy atom. The Balaban J connectivity index is 0.00000112. The van der Waals surface area contributed by atoms with Crippen LogP contribution >= 0.6 is 0 Å². The highest BCUT2D eigenvalue weighted by Gasteiger charge is 2.20. The number of nitrogen functional groups attached to an aromatic ring is 1. The molecule has 1 amide bonds. The Hall–Kier alpha value is -1.22. The standard InChI is InChI=1S/C11H14N2O.ClH/c12-10-6-2-1-5-9(10)11(14)13-7-3-4-8-13;/h1-2,5-6H,3-4,7-8,12H2;1H/p-1.